The summed E-state index contributed by atoms with van der Waals surface area (Å²) in [5.41, 5.74) is 0.190. The van der Waals surface area contributed by atoms with Crippen LogP contribution in [0.15, 0.2) is 22.7 Å². The molecule has 1 atom stereocenters. The normalized spacial score (nSPS) is 17.5. The summed E-state index contributed by atoms with van der Waals surface area (Å²) in [6.45, 7) is 1.04. The summed E-state index contributed by atoms with van der Waals surface area (Å²) in [6, 6.07) is 3.93. The molecular weight excluding hydrogens is 357 g/mol. The Labute approximate surface area is 136 Å². The van der Waals surface area contributed by atoms with Crippen LogP contribution in [0.4, 0.5) is 4.39 Å². The van der Waals surface area contributed by atoms with Crippen molar-refractivity contribution >= 4 is 27.8 Å². The molecule has 0 radical (unpaired) electrons. The summed E-state index contributed by atoms with van der Waals surface area (Å²) in [7, 11) is 0. The van der Waals surface area contributed by atoms with Crippen molar-refractivity contribution in [2.75, 3.05) is 19.7 Å². The Bertz CT molecular complexity index is 540. The zero-order valence-electron chi connectivity index (χ0n) is 11.9. The van der Waals surface area contributed by atoms with Crippen molar-refractivity contribution in [2.45, 2.75) is 25.4 Å². The number of carbonyl (C=O) groups is 2. The SMILES string of the molecule is O=C(O)CCN(C[C@@H]1CCCO1)C(=O)c1cc(F)cc(Br)c1. The molecule has 1 fully saturated rings. The Balaban J connectivity index is 2.14. The second-order valence-corrected chi connectivity index (χ2v) is 6.10. The van der Waals surface area contributed by atoms with Crippen LogP contribution in [-0.2, 0) is 9.53 Å². The standard InChI is InChI=1S/C15H17BrFNO4/c16-11-6-10(7-12(17)8-11)15(21)18(4-3-14(19)20)9-13-2-1-5-22-13/h6-8,13H,1-5,9H2,(H,19,20)/t13-/m0/s1. The number of carboxylic acid groups (broad SMARTS) is 1. The van der Waals surface area contributed by atoms with Crippen LogP contribution in [-0.4, -0.2) is 47.7 Å². The van der Waals surface area contributed by atoms with Crippen molar-refractivity contribution in [3.05, 3.63) is 34.1 Å². The van der Waals surface area contributed by atoms with E-state index in [-0.39, 0.29) is 24.6 Å². The van der Waals surface area contributed by atoms with Gasteiger partial charge in [0.2, 0.25) is 0 Å². The summed E-state index contributed by atoms with van der Waals surface area (Å²) in [6.07, 6.45) is 1.52. The maximum atomic E-state index is 13.5. The Kier molecular flexibility index (Phi) is 5.90. The summed E-state index contributed by atoms with van der Waals surface area (Å²) < 4.78 is 19.4. The Morgan fingerprint density at radius 1 is 1.41 bits per heavy atom. The predicted molar refractivity (Wildman–Crippen MR) is 81.2 cm³/mol. The van der Waals surface area contributed by atoms with Crippen molar-refractivity contribution in [1.29, 1.82) is 0 Å². The minimum Gasteiger partial charge on any atom is -0.481 e. The van der Waals surface area contributed by atoms with Crippen LogP contribution in [0.1, 0.15) is 29.6 Å². The maximum Gasteiger partial charge on any atom is 0.305 e. The first-order valence-corrected chi connectivity index (χ1v) is 7.84. The molecule has 1 saturated heterocycles. The van der Waals surface area contributed by atoms with Crippen LogP contribution in [0.3, 0.4) is 0 Å². The first-order chi connectivity index (χ1) is 10.5. The molecular formula is C15H17BrFNO4. The molecule has 1 aromatic rings. The van der Waals surface area contributed by atoms with E-state index in [1.54, 1.807) is 0 Å². The van der Waals surface area contributed by atoms with E-state index in [0.717, 1.165) is 18.9 Å². The lowest BCUT2D eigenvalue weighted by molar-refractivity contribution is -0.137. The topological polar surface area (TPSA) is 66.8 Å². The molecule has 1 aliphatic rings. The zero-order valence-corrected chi connectivity index (χ0v) is 13.5. The number of benzene rings is 1. The minimum absolute atomic E-state index is 0.0716. The number of carbonyl (C=O) groups excluding carboxylic acids is 1. The number of nitrogens with zero attached hydrogens (tertiary/aromatic N) is 1. The van der Waals surface area contributed by atoms with Crippen molar-refractivity contribution in [3.63, 3.8) is 0 Å². The van der Waals surface area contributed by atoms with E-state index in [1.165, 1.54) is 17.0 Å². The van der Waals surface area contributed by atoms with Gasteiger partial charge >= 0.3 is 5.97 Å². The Hall–Kier alpha value is -1.47. The third kappa shape index (κ3) is 4.78. The second-order valence-electron chi connectivity index (χ2n) is 5.19. The molecule has 1 N–H and O–H groups in total. The van der Waals surface area contributed by atoms with Gasteiger partial charge in [0.1, 0.15) is 5.82 Å². The number of rotatable bonds is 6. The molecule has 0 bridgehead atoms. The van der Waals surface area contributed by atoms with Gasteiger partial charge in [-0.3, -0.25) is 9.59 Å². The van der Waals surface area contributed by atoms with Gasteiger partial charge in [0.15, 0.2) is 0 Å². The van der Waals surface area contributed by atoms with Crippen LogP contribution in [0.25, 0.3) is 0 Å². The number of hydrogen-bond acceptors (Lipinski definition) is 3. The molecule has 0 unspecified atom stereocenters. The van der Waals surface area contributed by atoms with E-state index in [2.05, 4.69) is 15.9 Å². The molecule has 2 rings (SSSR count). The molecule has 7 heteroatoms. The van der Waals surface area contributed by atoms with Crippen LogP contribution in [0, 0.1) is 5.82 Å². The average Bonchev–Trinajstić information content (AvgIpc) is 2.94. The highest BCUT2D eigenvalue weighted by Crippen LogP contribution is 2.19. The molecule has 5 nitrogen and oxygen atoms in total. The molecule has 1 amide bonds. The van der Waals surface area contributed by atoms with E-state index >= 15 is 0 Å². The van der Waals surface area contributed by atoms with E-state index in [0.29, 0.717) is 17.6 Å². The fourth-order valence-corrected chi connectivity index (χ4v) is 2.87. The van der Waals surface area contributed by atoms with E-state index in [4.69, 9.17) is 9.84 Å². The summed E-state index contributed by atoms with van der Waals surface area (Å²) >= 11 is 3.15. The van der Waals surface area contributed by atoms with Crippen LogP contribution in [0.5, 0.6) is 0 Å². The van der Waals surface area contributed by atoms with Crippen molar-refractivity contribution in [1.82, 2.24) is 4.90 Å². The monoisotopic (exact) mass is 373 g/mol. The maximum absolute atomic E-state index is 13.5. The quantitative estimate of drug-likeness (QED) is 0.832. The summed E-state index contributed by atoms with van der Waals surface area (Å²) in [5, 5.41) is 8.83. The first-order valence-electron chi connectivity index (χ1n) is 7.04. The highest BCUT2D eigenvalue weighted by molar-refractivity contribution is 9.10. The second kappa shape index (κ2) is 7.69. The summed E-state index contributed by atoms with van der Waals surface area (Å²) in [5.74, 6) is -1.89. The number of amides is 1. The van der Waals surface area contributed by atoms with Gasteiger partial charge in [0.05, 0.1) is 12.5 Å². The smallest absolute Gasteiger partial charge is 0.305 e. The van der Waals surface area contributed by atoms with Gasteiger partial charge in [-0.15, -0.1) is 0 Å². The van der Waals surface area contributed by atoms with Crippen molar-refractivity contribution in [2.24, 2.45) is 0 Å². The molecule has 0 saturated carbocycles. The largest absolute Gasteiger partial charge is 0.481 e. The van der Waals surface area contributed by atoms with Crippen molar-refractivity contribution < 1.29 is 23.8 Å². The zero-order chi connectivity index (χ0) is 16.1. The number of halogens is 2. The molecule has 0 aromatic heterocycles. The number of hydrogen-bond donors (Lipinski definition) is 1. The molecule has 0 spiro atoms. The third-order valence-electron chi connectivity index (χ3n) is 3.44. The Morgan fingerprint density at radius 2 is 2.18 bits per heavy atom. The van der Waals surface area contributed by atoms with Crippen LogP contribution < -0.4 is 0 Å². The third-order valence-corrected chi connectivity index (χ3v) is 3.90. The van der Waals surface area contributed by atoms with Crippen molar-refractivity contribution in [3.8, 4) is 0 Å². The van der Waals surface area contributed by atoms with Crippen LogP contribution in [0.2, 0.25) is 0 Å². The number of ether oxygens (including phenoxy) is 1. The fraction of sp³-hybridized carbons (Fsp3) is 0.467. The minimum atomic E-state index is -0.981. The number of aliphatic carboxylic acids is 1. The van der Waals surface area contributed by atoms with Gasteiger partial charge in [-0.2, -0.15) is 0 Å². The highest BCUT2D eigenvalue weighted by Gasteiger charge is 2.24. The van der Waals surface area contributed by atoms with E-state index < -0.39 is 17.7 Å². The molecule has 1 heterocycles. The summed E-state index contributed by atoms with van der Waals surface area (Å²) in [4.78, 5) is 24.7. The van der Waals surface area contributed by atoms with Gasteiger partial charge in [-0.25, -0.2) is 4.39 Å². The highest BCUT2D eigenvalue weighted by atomic mass is 79.9. The first kappa shape index (κ1) is 16.9. The lowest BCUT2D eigenvalue weighted by atomic mass is 10.1. The van der Waals surface area contributed by atoms with E-state index in [9.17, 15) is 14.0 Å². The predicted octanol–water partition coefficient (Wildman–Crippen LogP) is 2.68. The molecule has 22 heavy (non-hydrogen) atoms. The molecule has 1 aromatic carbocycles. The molecule has 120 valence electrons. The lowest BCUT2D eigenvalue weighted by Gasteiger charge is -2.25. The number of carboxylic acids is 1. The van der Waals surface area contributed by atoms with Gasteiger partial charge in [-0.1, -0.05) is 15.9 Å². The van der Waals surface area contributed by atoms with Gasteiger partial charge in [0, 0.05) is 29.7 Å². The lowest BCUT2D eigenvalue weighted by Crippen LogP contribution is -2.38. The average molecular weight is 374 g/mol. The van der Waals surface area contributed by atoms with Crippen LogP contribution >= 0.6 is 15.9 Å². The fourth-order valence-electron chi connectivity index (χ4n) is 2.40. The Morgan fingerprint density at radius 3 is 2.77 bits per heavy atom. The van der Waals surface area contributed by atoms with Gasteiger partial charge in [-0.05, 0) is 31.0 Å². The van der Waals surface area contributed by atoms with E-state index in [1.807, 2.05) is 0 Å². The van der Waals surface area contributed by atoms with Gasteiger partial charge < -0.3 is 14.7 Å². The van der Waals surface area contributed by atoms with Gasteiger partial charge in [0.25, 0.3) is 5.91 Å². The molecule has 1 aliphatic heterocycles. The molecule has 0 aliphatic carbocycles.